The number of carbonyl (C=O) groups is 1. The molecule has 5 fully saturated rings. The Labute approximate surface area is 127 Å². The maximum absolute atomic E-state index is 12.8. The fraction of sp³-hybridized carbons (Fsp3) is 0.588. The number of anilines is 1. The van der Waals surface area contributed by atoms with Gasteiger partial charge in [0.15, 0.2) is 0 Å². The van der Waals surface area contributed by atoms with E-state index in [0.717, 1.165) is 31.4 Å². The molecule has 5 heteroatoms. The van der Waals surface area contributed by atoms with Gasteiger partial charge in [0.1, 0.15) is 0 Å². The minimum Gasteiger partial charge on any atom is -0.326 e. The van der Waals surface area contributed by atoms with Gasteiger partial charge in [0.2, 0.25) is 5.91 Å². The Kier molecular flexibility index (Phi) is 2.36. The highest BCUT2D eigenvalue weighted by molar-refractivity contribution is 5.99. The van der Waals surface area contributed by atoms with Crippen molar-refractivity contribution in [1.29, 1.82) is 0 Å². The van der Waals surface area contributed by atoms with Gasteiger partial charge in [0, 0.05) is 5.69 Å². The number of hydrogen-bond acceptors (Lipinski definition) is 1. The molecule has 1 amide bonds. The van der Waals surface area contributed by atoms with Crippen LogP contribution in [0.5, 0.6) is 0 Å². The zero-order chi connectivity index (χ0) is 16.0. The molecule has 5 aliphatic rings. The zero-order valence-corrected chi connectivity index (χ0v) is 12.6. The van der Waals surface area contributed by atoms with Crippen LogP contribution in [0.1, 0.15) is 38.7 Å². The first kappa shape index (κ1) is 14.1. The van der Waals surface area contributed by atoms with Crippen LogP contribution in [0.3, 0.4) is 0 Å². The Balaban J connectivity index is 1.58. The van der Waals surface area contributed by atoms with Crippen molar-refractivity contribution in [3.8, 4) is 0 Å². The lowest BCUT2D eigenvalue weighted by molar-refractivity contribution is -0.326. The van der Waals surface area contributed by atoms with E-state index in [1.54, 1.807) is 0 Å². The molecule has 1 aromatic rings. The third-order valence-electron chi connectivity index (χ3n) is 7.04. The molecule has 0 heterocycles. The molecule has 5 aliphatic carbocycles. The molecule has 0 aliphatic heterocycles. The molecule has 2 nitrogen and oxygen atoms in total. The van der Waals surface area contributed by atoms with Crippen LogP contribution in [0.25, 0.3) is 0 Å². The number of alkyl halides is 3. The van der Waals surface area contributed by atoms with E-state index in [1.807, 2.05) is 0 Å². The van der Waals surface area contributed by atoms with Crippen LogP contribution in [0.15, 0.2) is 24.3 Å². The quantitative estimate of drug-likeness (QED) is 0.858. The van der Waals surface area contributed by atoms with Crippen molar-refractivity contribution in [2.24, 2.45) is 22.2 Å². The van der Waals surface area contributed by atoms with Crippen molar-refractivity contribution >= 4 is 11.6 Å². The number of halogens is 3. The highest BCUT2D eigenvalue weighted by Gasteiger charge is 2.91. The lowest BCUT2D eigenvalue weighted by atomic mass is 9.21. The van der Waals surface area contributed by atoms with Gasteiger partial charge in [0.05, 0.1) is 11.0 Å². The number of fused-ring (bicyclic) bond motifs is 1. The third-order valence-corrected chi connectivity index (χ3v) is 7.04. The molecule has 1 N–H and O–H groups in total. The monoisotopic (exact) mass is 309 g/mol. The van der Waals surface area contributed by atoms with Gasteiger partial charge in [0.25, 0.3) is 0 Å². The Morgan fingerprint density at radius 1 is 1.32 bits per heavy atom. The normalized spacial score (nSPS) is 41.6. The van der Waals surface area contributed by atoms with Gasteiger partial charge in [-0.3, -0.25) is 4.79 Å². The van der Waals surface area contributed by atoms with Gasteiger partial charge in [-0.15, -0.1) is 0 Å². The first-order chi connectivity index (χ1) is 10.2. The minimum atomic E-state index is -4.39. The Hall–Kier alpha value is -1.52. The second-order valence-electron chi connectivity index (χ2n) is 7.52. The molecular weight excluding hydrogens is 291 g/mol. The summed E-state index contributed by atoms with van der Waals surface area (Å²) in [6, 6.07) is 4.88. The van der Waals surface area contributed by atoms with E-state index in [-0.39, 0.29) is 27.8 Å². The lowest BCUT2D eigenvalue weighted by Gasteiger charge is -2.81. The summed E-state index contributed by atoms with van der Waals surface area (Å²) in [5.41, 5.74) is -0.563. The molecule has 4 atom stereocenters. The van der Waals surface area contributed by atoms with Gasteiger partial charge >= 0.3 is 6.18 Å². The highest BCUT2D eigenvalue weighted by Crippen LogP contribution is 2.93. The van der Waals surface area contributed by atoms with Crippen molar-refractivity contribution < 1.29 is 18.0 Å². The molecule has 118 valence electrons. The van der Waals surface area contributed by atoms with Crippen molar-refractivity contribution in [2.45, 2.75) is 39.3 Å². The number of benzene rings is 1. The van der Waals surface area contributed by atoms with E-state index in [0.29, 0.717) is 5.92 Å². The van der Waals surface area contributed by atoms with Crippen LogP contribution in [0.2, 0.25) is 0 Å². The summed E-state index contributed by atoms with van der Waals surface area (Å²) in [7, 11) is 0. The number of carbonyl (C=O) groups excluding carboxylic acids is 1. The highest BCUT2D eigenvalue weighted by atomic mass is 19.4. The summed E-state index contributed by atoms with van der Waals surface area (Å²) in [5, 5.41) is 2.74. The van der Waals surface area contributed by atoms with Crippen molar-refractivity contribution in [2.75, 3.05) is 5.32 Å². The van der Waals surface area contributed by atoms with E-state index < -0.39 is 11.7 Å². The second kappa shape index (κ2) is 3.69. The maximum Gasteiger partial charge on any atom is 0.416 e. The van der Waals surface area contributed by atoms with E-state index in [2.05, 4.69) is 19.2 Å². The number of amides is 1. The fourth-order valence-corrected chi connectivity index (χ4v) is 5.73. The van der Waals surface area contributed by atoms with Crippen LogP contribution in [0, 0.1) is 22.2 Å². The Morgan fingerprint density at radius 2 is 2.05 bits per heavy atom. The third kappa shape index (κ3) is 1.28. The molecule has 0 saturated heterocycles. The summed E-state index contributed by atoms with van der Waals surface area (Å²) >= 11 is 0. The van der Waals surface area contributed by atoms with E-state index >= 15 is 0 Å². The smallest absolute Gasteiger partial charge is 0.326 e. The Morgan fingerprint density at radius 3 is 2.59 bits per heavy atom. The van der Waals surface area contributed by atoms with Gasteiger partial charge in [-0.2, -0.15) is 13.2 Å². The molecule has 0 radical (unpaired) electrons. The number of rotatable bonds is 2. The van der Waals surface area contributed by atoms with E-state index in [4.69, 9.17) is 0 Å². The van der Waals surface area contributed by atoms with Crippen LogP contribution in [0.4, 0.5) is 18.9 Å². The molecule has 0 unspecified atom stereocenters. The second-order valence-corrected chi connectivity index (χ2v) is 7.52. The van der Waals surface area contributed by atoms with Crippen molar-refractivity contribution in [3.05, 3.63) is 29.8 Å². The topological polar surface area (TPSA) is 29.1 Å². The molecule has 22 heavy (non-hydrogen) atoms. The van der Waals surface area contributed by atoms with Crippen LogP contribution < -0.4 is 5.32 Å². The van der Waals surface area contributed by atoms with Gasteiger partial charge in [-0.25, -0.2) is 0 Å². The van der Waals surface area contributed by atoms with Crippen LogP contribution in [-0.4, -0.2) is 5.91 Å². The van der Waals surface area contributed by atoms with Gasteiger partial charge in [-0.05, 0) is 54.2 Å². The number of nitrogens with one attached hydrogen (secondary N) is 1. The van der Waals surface area contributed by atoms with E-state index in [1.165, 1.54) is 12.1 Å². The Bertz CT molecular complexity index is 685. The predicted molar refractivity (Wildman–Crippen MR) is 76.1 cm³/mol. The summed E-state index contributed by atoms with van der Waals surface area (Å²) in [5.74, 6) is 0.302. The minimum absolute atomic E-state index is 0.0242. The molecule has 0 aromatic heterocycles. The summed E-state index contributed by atoms with van der Waals surface area (Å²) < 4.78 is 38.3. The first-order valence-corrected chi connectivity index (χ1v) is 7.64. The predicted octanol–water partition coefficient (Wildman–Crippen LogP) is 4.47. The summed E-state index contributed by atoms with van der Waals surface area (Å²) in [4.78, 5) is 12.7. The average molecular weight is 309 g/mol. The SMILES string of the molecule is C[C@@]12CC[C@H]3[C@]1(C)C[C@]32C(=O)Nc1cccc(C(F)(F)F)c1. The molecule has 6 rings (SSSR count). The molecule has 0 spiro atoms. The molecule has 1 aromatic carbocycles. The number of hydrogen-bond donors (Lipinski definition) is 1. The standard InChI is InChI=1S/C17H18F3NO/c1-14-9-16(12(14)6-7-15(14,16)2)13(22)21-11-5-3-4-10(8-11)17(18,19)20/h3-5,8,12H,6-7,9H2,1-2H3,(H,21,22)/t12-,14-,15+,16+/m0/s1. The molecule has 5 saturated carbocycles. The summed E-state index contributed by atoms with van der Waals surface area (Å²) in [6.45, 7) is 4.40. The van der Waals surface area contributed by atoms with Gasteiger partial charge in [-0.1, -0.05) is 19.9 Å². The van der Waals surface area contributed by atoms with Gasteiger partial charge < -0.3 is 5.32 Å². The zero-order valence-electron chi connectivity index (χ0n) is 12.6. The van der Waals surface area contributed by atoms with Crippen molar-refractivity contribution in [3.63, 3.8) is 0 Å². The van der Waals surface area contributed by atoms with Crippen molar-refractivity contribution in [1.82, 2.24) is 0 Å². The average Bonchev–Trinajstić information content (AvgIpc) is 2.81. The lowest BCUT2D eigenvalue weighted by Crippen LogP contribution is -2.81. The van der Waals surface area contributed by atoms with E-state index in [9.17, 15) is 18.0 Å². The first-order valence-electron chi connectivity index (χ1n) is 7.64. The van der Waals surface area contributed by atoms with Crippen LogP contribution in [-0.2, 0) is 11.0 Å². The largest absolute Gasteiger partial charge is 0.416 e. The maximum atomic E-state index is 12.8. The van der Waals surface area contributed by atoms with Crippen LogP contribution >= 0.6 is 0 Å². The fourth-order valence-electron chi connectivity index (χ4n) is 5.73. The molecular formula is C17H18F3NO. The molecule has 4 bridgehead atoms. The summed E-state index contributed by atoms with van der Waals surface area (Å²) in [6.07, 6.45) is -1.42.